The molecule has 104 valence electrons. The van der Waals surface area contributed by atoms with E-state index >= 15 is 0 Å². The molecule has 5 heteroatoms. The second-order valence-electron chi connectivity index (χ2n) is 4.49. The molecule has 0 saturated carbocycles. The summed E-state index contributed by atoms with van der Waals surface area (Å²) in [6.07, 6.45) is 0. The van der Waals surface area contributed by atoms with E-state index in [1.54, 1.807) is 25.2 Å². The Morgan fingerprint density at radius 1 is 1.15 bits per heavy atom. The third-order valence-electron chi connectivity index (χ3n) is 2.91. The number of halogens is 1. The minimum absolute atomic E-state index is 0.184. The molecule has 4 N–H and O–H groups in total. The predicted octanol–water partition coefficient (Wildman–Crippen LogP) is 3.33. The van der Waals surface area contributed by atoms with Gasteiger partial charge in [0.05, 0.1) is 22.0 Å². The molecule has 0 atom stereocenters. The Balaban J connectivity index is 2.44. The smallest absolute Gasteiger partial charge is 0.253 e. The Morgan fingerprint density at radius 3 is 2.60 bits per heavy atom. The number of benzene rings is 2. The molecule has 1 amide bonds. The predicted molar refractivity (Wildman–Crippen MR) is 83.7 cm³/mol. The van der Waals surface area contributed by atoms with E-state index in [9.17, 15) is 4.79 Å². The first-order valence-corrected chi connectivity index (χ1v) is 6.54. The highest BCUT2D eigenvalue weighted by molar-refractivity contribution is 6.33. The summed E-state index contributed by atoms with van der Waals surface area (Å²) in [6.45, 7) is 1.97. The number of nitrogens with one attached hydrogen (secondary N) is 2. The van der Waals surface area contributed by atoms with Gasteiger partial charge in [0, 0.05) is 12.7 Å². The average molecular weight is 290 g/mol. The number of nitrogens with two attached hydrogens (primary N) is 1. The Labute approximate surface area is 122 Å². The van der Waals surface area contributed by atoms with Crippen LogP contribution in [0.4, 0.5) is 17.1 Å². The average Bonchev–Trinajstić information content (AvgIpc) is 2.42. The lowest BCUT2D eigenvalue weighted by Gasteiger charge is -2.13. The van der Waals surface area contributed by atoms with Crippen molar-refractivity contribution >= 4 is 34.6 Å². The van der Waals surface area contributed by atoms with Crippen molar-refractivity contribution in [3.8, 4) is 0 Å². The summed E-state index contributed by atoms with van der Waals surface area (Å²) in [7, 11) is 1.59. The molecule has 0 heterocycles. The fourth-order valence-electron chi connectivity index (χ4n) is 1.88. The maximum atomic E-state index is 11.9. The molecule has 0 aliphatic rings. The van der Waals surface area contributed by atoms with Gasteiger partial charge in [0.1, 0.15) is 0 Å². The lowest BCUT2D eigenvalue weighted by Crippen LogP contribution is -2.19. The van der Waals surface area contributed by atoms with Crippen molar-refractivity contribution in [2.75, 3.05) is 18.1 Å². The zero-order chi connectivity index (χ0) is 14.7. The minimum atomic E-state index is -0.184. The van der Waals surface area contributed by atoms with Crippen LogP contribution in [0.25, 0.3) is 0 Å². The maximum absolute atomic E-state index is 11.9. The minimum Gasteiger partial charge on any atom is -0.399 e. The van der Waals surface area contributed by atoms with E-state index in [-0.39, 0.29) is 5.91 Å². The molecule has 2 aromatic carbocycles. The number of anilines is 3. The number of rotatable bonds is 3. The SMILES string of the molecule is CNC(=O)c1ccc(N)cc1Nc1cc(C)ccc1Cl. The molecular weight excluding hydrogens is 274 g/mol. The highest BCUT2D eigenvalue weighted by atomic mass is 35.5. The fourth-order valence-corrected chi connectivity index (χ4v) is 2.04. The molecular formula is C15H16ClN3O. The van der Waals surface area contributed by atoms with Crippen molar-refractivity contribution in [3.05, 3.63) is 52.5 Å². The Morgan fingerprint density at radius 2 is 1.90 bits per heavy atom. The summed E-state index contributed by atoms with van der Waals surface area (Å²) < 4.78 is 0. The van der Waals surface area contributed by atoms with Crippen LogP contribution in [0, 0.1) is 6.92 Å². The standard InChI is InChI=1S/C15H16ClN3O/c1-9-3-6-12(16)14(7-9)19-13-8-10(17)4-5-11(13)15(20)18-2/h3-8,19H,17H2,1-2H3,(H,18,20). The van der Waals surface area contributed by atoms with Crippen LogP contribution in [-0.2, 0) is 0 Å². The number of hydrogen-bond donors (Lipinski definition) is 3. The van der Waals surface area contributed by atoms with Gasteiger partial charge in [-0.2, -0.15) is 0 Å². The first-order valence-electron chi connectivity index (χ1n) is 6.16. The summed E-state index contributed by atoms with van der Waals surface area (Å²) in [5.74, 6) is -0.184. The summed E-state index contributed by atoms with van der Waals surface area (Å²) in [5.41, 5.74) is 9.30. The van der Waals surface area contributed by atoms with Crippen LogP contribution in [0.2, 0.25) is 5.02 Å². The second-order valence-corrected chi connectivity index (χ2v) is 4.90. The lowest BCUT2D eigenvalue weighted by molar-refractivity contribution is 0.0964. The summed E-state index contributed by atoms with van der Waals surface area (Å²) in [6, 6.07) is 10.7. The van der Waals surface area contributed by atoms with E-state index in [4.69, 9.17) is 17.3 Å². The first kappa shape index (κ1) is 14.2. The number of carbonyl (C=O) groups excluding carboxylic acids is 1. The molecule has 0 unspecified atom stereocenters. The zero-order valence-corrected chi connectivity index (χ0v) is 12.1. The van der Waals surface area contributed by atoms with Gasteiger partial charge in [-0.15, -0.1) is 0 Å². The van der Waals surface area contributed by atoms with Crippen molar-refractivity contribution in [3.63, 3.8) is 0 Å². The van der Waals surface area contributed by atoms with Crippen molar-refractivity contribution in [1.29, 1.82) is 0 Å². The van der Waals surface area contributed by atoms with E-state index in [0.29, 0.717) is 22.0 Å². The molecule has 0 radical (unpaired) electrons. The third-order valence-corrected chi connectivity index (χ3v) is 3.24. The highest BCUT2D eigenvalue weighted by Crippen LogP contribution is 2.29. The third kappa shape index (κ3) is 3.03. The van der Waals surface area contributed by atoms with Crippen molar-refractivity contribution in [1.82, 2.24) is 5.32 Å². The van der Waals surface area contributed by atoms with Crippen LogP contribution in [0.3, 0.4) is 0 Å². The van der Waals surface area contributed by atoms with Crippen molar-refractivity contribution < 1.29 is 4.79 Å². The molecule has 0 spiro atoms. The molecule has 0 fully saturated rings. The number of carbonyl (C=O) groups is 1. The lowest BCUT2D eigenvalue weighted by atomic mass is 10.1. The largest absolute Gasteiger partial charge is 0.399 e. The van der Waals surface area contributed by atoms with Crippen molar-refractivity contribution in [2.45, 2.75) is 6.92 Å². The summed E-state index contributed by atoms with van der Waals surface area (Å²) >= 11 is 6.16. The number of aryl methyl sites for hydroxylation is 1. The van der Waals surface area contributed by atoms with Gasteiger partial charge in [-0.3, -0.25) is 4.79 Å². The van der Waals surface area contributed by atoms with Gasteiger partial charge in [0.15, 0.2) is 0 Å². The Bertz CT molecular complexity index is 656. The molecule has 2 rings (SSSR count). The molecule has 4 nitrogen and oxygen atoms in total. The van der Waals surface area contributed by atoms with Gasteiger partial charge in [-0.1, -0.05) is 17.7 Å². The van der Waals surface area contributed by atoms with Gasteiger partial charge in [0.2, 0.25) is 0 Å². The van der Waals surface area contributed by atoms with E-state index in [0.717, 1.165) is 11.3 Å². The van der Waals surface area contributed by atoms with Gasteiger partial charge < -0.3 is 16.4 Å². The number of nitrogen functional groups attached to an aromatic ring is 1. The summed E-state index contributed by atoms with van der Waals surface area (Å²) in [4.78, 5) is 11.9. The van der Waals surface area contributed by atoms with Crippen LogP contribution in [-0.4, -0.2) is 13.0 Å². The molecule has 20 heavy (non-hydrogen) atoms. The molecule has 0 aliphatic carbocycles. The van der Waals surface area contributed by atoms with Gasteiger partial charge >= 0.3 is 0 Å². The van der Waals surface area contributed by atoms with Crippen LogP contribution < -0.4 is 16.4 Å². The maximum Gasteiger partial charge on any atom is 0.253 e. The van der Waals surface area contributed by atoms with Gasteiger partial charge in [-0.05, 0) is 42.8 Å². The topological polar surface area (TPSA) is 67.2 Å². The highest BCUT2D eigenvalue weighted by Gasteiger charge is 2.11. The van der Waals surface area contributed by atoms with Crippen LogP contribution in [0.1, 0.15) is 15.9 Å². The Hall–Kier alpha value is -2.20. The number of amides is 1. The van der Waals surface area contributed by atoms with Gasteiger partial charge in [-0.25, -0.2) is 0 Å². The molecule has 0 aromatic heterocycles. The quantitative estimate of drug-likeness (QED) is 0.759. The van der Waals surface area contributed by atoms with E-state index in [1.165, 1.54) is 0 Å². The first-order chi connectivity index (χ1) is 9.51. The van der Waals surface area contributed by atoms with Crippen LogP contribution in [0.5, 0.6) is 0 Å². The normalized spacial score (nSPS) is 10.2. The summed E-state index contributed by atoms with van der Waals surface area (Å²) in [5, 5.41) is 6.35. The second kappa shape index (κ2) is 5.84. The molecule has 0 saturated heterocycles. The van der Waals surface area contributed by atoms with E-state index in [1.807, 2.05) is 25.1 Å². The molecule has 2 aromatic rings. The zero-order valence-electron chi connectivity index (χ0n) is 11.3. The van der Waals surface area contributed by atoms with E-state index < -0.39 is 0 Å². The van der Waals surface area contributed by atoms with Crippen LogP contribution in [0.15, 0.2) is 36.4 Å². The number of hydrogen-bond acceptors (Lipinski definition) is 3. The van der Waals surface area contributed by atoms with E-state index in [2.05, 4.69) is 10.6 Å². The molecule has 0 aliphatic heterocycles. The monoisotopic (exact) mass is 289 g/mol. The van der Waals surface area contributed by atoms with Gasteiger partial charge in [0.25, 0.3) is 5.91 Å². The molecule has 0 bridgehead atoms. The Kier molecular flexibility index (Phi) is 4.15. The van der Waals surface area contributed by atoms with Crippen molar-refractivity contribution in [2.24, 2.45) is 0 Å². The van der Waals surface area contributed by atoms with Crippen LogP contribution >= 0.6 is 11.6 Å². The fraction of sp³-hybridized carbons (Fsp3) is 0.133.